The number of furan rings is 1. The molecule has 84 valence electrons. The van der Waals surface area contributed by atoms with Crippen molar-refractivity contribution in [3.63, 3.8) is 0 Å². The zero-order valence-corrected chi connectivity index (χ0v) is 9.33. The number of rotatable bonds is 4. The van der Waals surface area contributed by atoms with E-state index in [2.05, 4.69) is 17.6 Å². The van der Waals surface area contributed by atoms with Gasteiger partial charge in [0.1, 0.15) is 5.76 Å². The smallest absolute Gasteiger partial charge is 0.120 e. The number of piperidine rings is 1. The van der Waals surface area contributed by atoms with Crippen molar-refractivity contribution in [2.24, 2.45) is 5.92 Å². The van der Waals surface area contributed by atoms with Crippen LogP contribution < -0.4 is 10.6 Å². The summed E-state index contributed by atoms with van der Waals surface area (Å²) in [7, 11) is 0. The van der Waals surface area contributed by atoms with E-state index < -0.39 is 0 Å². The lowest BCUT2D eigenvalue weighted by atomic mass is 9.99. The molecule has 3 nitrogen and oxygen atoms in total. The molecule has 0 bridgehead atoms. The second-order valence-corrected chi connectivity index (χ2v) is 4.36. The van der Waals surface area contributed by atoms with Crippen LogP contribution >= 0.6 is 0 Å². The molecule has 2 atom stereocenters. The lowest BCUT2D eigenvalue weighted by Crippen LogP contribution is -2.36. The van der Waals surface area contributed by atoms with Gasteiger partial charge in [0.05, 0.1) is 12.3 Å². The third kappa shape index (κ3) is 3.08. The normalized spacial score (nSPS) is 23.9. The summed E-state index contributed by atoms with van der Waals surface area (Å²) >= 11 is 0. The predicted octanol–water partition coefficient (Wildman–Crippen LogP) is 1.93. The summed E-state index contributed by atoms with van der Waals surface area (Å²) in [6.45, 7) is 5.56. The fourth-order valence-corrected chi connectivity index (χ4v) is 2.08. The molecule has 0 aliphatic carbocycles. The lowest BCUT2D eigenvalue weighted by Gasteiger charge is -2.24. The van der Waals surface area contributed by atoms with Gasteiger partial charge in [-0.3, -0.25) is 0 Å². The molecule has 1 fully saturated rings. The number of hydrogen-bond donors (Lipinski definition) is 2. The largest absolute Gasteiger partial charge is 0.468 e. The number of hydrogen-bond acceptors (Lipinski definition) is 3. The minimum absolute atomic E-state index is 0.321. The quantitative estimate of drug-likeness (QED) is 0.794. The fraction of sp³-hybridized carbons (Fsp3) is 0.667. The number of nitrogens with one attached hydrogen (secondary N) is 2. The van der Waals surface area contributed by atoms with Crippen molar-refractivity contribution >= 4 is 0 Å². The zero-order chi connectivity index (χ0) is 10.5. The van der Waals surface area contributed by atoms with Crippen LogP contribution in [0.1, 0.15) is 31.6 Å². The molecule has 2 rings (SSSR count). The van der Waals surface area contributed by atoms with Gasteiger partial charge in [0, 0.05) is 0 Å². The van der Waals surface area contributed by atoms with Crippen molar-refractivity contribution in [3.8, 4) is 0 Å². The SMILES string of the molecule is C[C@@H](NCC1CCCNC1)c1ccco1. The predicted molar refractivity (Wildman–Crippen MR) is 60.7 cm³/mol. The van der Waals surface area contributed by atoms with E-state index in [1.54, 1.807) is 6.26 Å². The Morgan fingerprint density at radius 3 is 3.27 bits per heavy atom. The molecule has 15 heavy (non-hydrogen) atoms. The molecule has 2 N–H and O–H groups in total. The Labute approximate surface area is 91.2 Å². The molecular weight excluding hydrogens is 188 g/mol. The standard InChI is InChI=1S/C12H20N2O/c1-10(12-5-3-7-15-12)14-9-11-4-2-6-13-8-11/h3,5,7,10-11,13-14H,2,4,6,8-9H2,1H3/t10-,11?/m1/s1. The summed E-state index contributed by atoms with van der Waals surface area (Å²) in [4.78, 5) is 0. The Hall–Kier alpha value is -0.800. The van der Waals surface area contributed by atoms with Crippen LogP contribution in [0.2, 0.25) is 0 Å². The van der Waals surface area contributed by atoms with Gasteiger partial charge in [-0.25, -0.2) is 0 Å². The molecule has 3 heteroatoms. The molecule has 1 unspecified atom stereocenters. The van der Waals surface area contributed by atoms with E-state index in [9.17, 15) is 0 Å². The fourth-order valence-electron chi connectivity index (χ4n) is 2.08. The van der Waals surface area contributed by atoms with Crippen molar-refractivity contribution in [1.29, 1.82) is 0 Å². The molecule has 1 aliphatic heterocycles. The average Bonchev–Trinajstić information content (AvgIpc) is 2.81. The highest BCUT2D eigenvalue weighted by Crippen LogP contribution is 2.14. The highest BCUT2D eigenvalue weighted by molar-refractivity contribution is 5.02. The topological polar surface area (TPSA) is 37.2 Å². The molecule has 1 saturated heterocycles. The first-order valence-corrected chi connectivity index (χ1v) is 5.84. The summed E-state index contributed by atoms with van der Waals surface area (Å²) in [6.07, 6.45) is 4.38. The molecule has 0 saturated carbocycles. The summed E-state index contributed by atoms with van der Waals surface area (Å²) < 4.78 is 5.36. The van der Waals surface area contributed by atoms with Crippen LogP contribution in [-0.2, 0) is 0 Å². The van der Waals surface area contributed by atoms with Gasteiger partial charge in [-0.1, -0.05) is 0 Å². The molecule has 0 amide bonds. The minimum Gasteiger partial charge on any atom is -0.468 e. The van der Waals surface area contributed by atoms with E-state index in [-0.39, 0.29) is 0 Å². The van der Waals surface area contributed by atoms with Crippen LogP contribution in [0, 0.1) is 5.92 Å². The van der Waals surface area contributed by atoms with E-state index in [1.807, 2.05) is 12.1 Å². The van der Waals surface area contributed by atoms with Crippen LogP contribution in [0.5, 0.6) is 0 Å². The molecule has 0 radical (unpaired) electrons. The first-order chi connectivity index (χ1) is 7.36. The zero-order valence-electron chi connectivity index (χ0n) is 9.33. The molecule has 0 aromatic carbocycles. The van der Waals surface area contributed by atoms with Crippen LogP contribution in [-0.4, -0.2) is 19.6 Å². The Morgan fingerprint density at radius 2 is 2.60 bits per heavy atom. The van der Waals surface area contributed by atoms with Gasteiger partial charge in [0.25, 0.3) is 0 Å². The van der Waals surface area contributed by atoms with Crippen LogP contribution in [0.3, 0.4) is 0 Å². The second kappa shape index (κ2) is 5.33. The van der Waals surface area contributed by atoms with Gasteiger partial charge in [-0.2, -0.15) is 0 Å². The first kappa shape index (κ1) is 10.7. The summed E-state index contributed by atoms with van der Waals surface area (Å²) in [5.74, 6) is 1.80. The van der Waals surface area contributed by atoms with Crippen LogP contribution in [0.4, 0.5) is 0 Å². The molecule has 1 aromatic heterocycles. The van der Waals surface area contributed by atoms with Crippen molar-refractivity contribution in [2.75, 3.05) is 19.6 Å². The Kier molecular flexibility index (Phi) is 3.80. The summed E-state index contributed by atoms with van der Waals surface area (Å²) in [5, 5.41) is 6.95. The maximum Gasteiger partial charge on any atom is 0.120 e. The molecule has 1 aliphatic rings. The average molecular weight is 208 g/mol. The summed E-state index contributed by atoms with van der Waals surface area (Å²) in [6, 6.07) is 4.29. The second-order valence-electron chi connectivity index (χ2n) is 4.36. The van der Waals surface area contributed by atoms with Crippen molar-refractivity contribution < 1.29 is 4.42 Å². The van der Waals surface area contributed by atoms with E-state index in [0.717, 1.165) is 24.8 Å². The van der Waals surface area contributed by atoms with E-state index in [1.165, 1.54) is 19.4 Å². The van der Waals surface area contributed by atoms with Gasteiger partial charge in [0.15, 0.2) is 0 Å². The highest BCUT2D eigenvalue weighted by atomic mass is 16.3. The van der Waals surface area contributed by atoms with Crippen molar-refractivity contribution in [1.82, 2.24) is 10.6 Å². The molecular formula is C12H20N2O. The van der Waals surface area contributed by atoms with E-state index in [4.69, 9.17) is 4.42 Å². The molecule has 0 spiro atoms. The third-order valence-corrected chi connectivity index (χ3v) is 3.08. The van der Waals surface area contributed by atoms with Gasteiger partial charge in [-0.15, -0.1) is 0 Å². The highest BCUT2D eigenvalue weighted by Gasteiger charge is 2.14. The van der Waals surface area contributed by atoms with Crippen LogP contribution in [0.15, 0.2) is 22.8 Å². The van der Waals surface area contributed by atoms with Gasteiger partial charge in [0.2, 0.25) is 0 Å². The third-order valence-electron chi connectivity index (χ3n) is 3.08. The lowest BCUT2D eigenvalue weighted by molar-refractivity contribution is 0.335. The van der Waals surface area contributed by atoms with Gasteiger partial charge >= 0.3 is 0 Å². The van der Waals surface area contributed by atoms with Crippen molar-refractivity contribution in [2.45, 2.75) is 25.8 Å². The maximum absolute atomic E-state index is 5.36. The van der Waals surface area contributed by atoms with E-state index in [0.29, 0.717) is 6.04 Å². The Balaban J connectivity index is 1.73. The Bertz CT molecular complexity index is 265. The monoisotopic (exact) mass is 208 g/mol. The van der Waals surface area contributed by atoms with Gasteiger partial charge < -0.3 is 15.1 Å². The molecule has 1 aromatic rings. The van der Waals surface area contributed by atoms with Crippen LogP contribution in [0.25, 0.3) is 0 Å². The minimum atomic E-state index is 0.321. The first-order valence-electron chi connectivity index (χ1n) is 5.84. The summed E-state index contributed by atoms with van der Waals surface area (Å²) in [5.41, 5.74) is 0. The van der Waals surface area contributed by atoms with Crippen molar-refractivity contribution in [3.05, 3.63) is 24.2 Å². The molecule has 2 heterocycles. The van der Waals surface area contributed by atoms with Gasteiger partial charge in [-0.05, 0) is 57.5 Å². The van der Waals surface area contributed by atoms with E-state index >= 15 is 0 Å². The maximum atomic E-state index is 5.36. The Morgan fingerprint density at radius 1 is 1.67 bits per heavy atom.